The van der Waals surface area contributed by atoms with Crippen molar-refractivity contribution in [1.29, 1.82) is 0 Å². The lowest BCUT2D eigenvalue weighted by Crippen LogP contribution is -2.29. The summed E-state index contributed by atoms with van der Waals surface area (Å²) in [6.45, 7) is 5.75. The molecule has 1 amide bonds. The molecule has 154 valence electrons. The van der Waals surface area contributed by atoms with Crippen molar-refractivity contribution in [2.75, 3.05) is 10.2 Å². The maximum absolute atomic E-state index is 12.1. The zero-order valence-electron chi connectivity index (χ0n) is 17.2. The molecule has 1 aliphatic heterocycles. The number of anilines is 2. The summed E-state index contributed by atoms with van der Waals surface area (Å²) in [6.07, 6.45) is 3.71. The lowest BCUT2D eigenvalue weighted by Gasteiger charge is -2.27. The first-order chi connectivity index (χ1) is 14.5. The Hall–Kier alpha value is -3.19. The van der Waals surface area contributed by atoms with Crippen molar-refractivity contribution in [3.05, 3.63) is 77.9 Å². The van der Waals surface area contributed by atoms with E-state index in [-0.39, 0.29) is 23.9 Å². The highest BCUT2D eigenvalue weighted by Gasteiger charge is 2.41. The number of hydrogen-bond donors (Lipinski definition) is 3. The van der Waals surface area contributed by atoms with Crippen molar-refractivity contribution in [3.63, 3.8) is 0 Å². The number of amides is 1. The molecule has 3 heterocycles. The molecule has 1 aromatic carbocycles. The summed E-state index contributed by atoms with van der Waals surface area (Å²) < 4.78 is 0. The molecule has 2 unspecified atom stereocenters. The molecule has 0 aliphatic carbocycles. The van der Waals surface area contributed by atoms with E-state index in [1.807, 2.05) is 63.4 Å². The van der Waals surface area contributed by atoms with Gasteiger partial charge in [0.25, 0.3) is 0 Å². The molecule has 0 spiro atoms. The Labute approximate surface area is 181 Å². The first kappa shape index (κ1) is 20.1. The van der Waals surface area contributed by atoms with Crippen LogP contribution in [0.15, 0.2) is 60.9 Å². The van der Waals surface area contributed by atoms with Crippen LogP contribution in [0.1, 0.15) is 42.9 Å². The van der Waals surface area contributed by atoms with E-state index in [2.05, 4.69) is 37.6 Å². The second-order valence-electron chi connectivity index (χ2n) is 7.77. The number of nitrogens with zero attached hydrogens (tertiary/aromatic N) is 2. The highest BCUT2D eigenvalue weighted by atomic mass is 32.1. The zero-order valence-corrected chi connectivity index (χ0v) is 18.0. The van der Waals surface area contributed by atoms with Crippen LogP contribution in [-0.4, -0.2) is 21.0 Å². The number of benzene rings is 1. The van der Waals surface area contributed by atoms with Crippen LogP contribution in [0.5, 0.6) is 0 Å². The highest BCUT2D eigenvalue weighted by molar-refractivity contribution is 7.80. The molecule has 30 heavy (non-hydrogen) atoms. The molecular formula is C23H25N5OS. The molecule has 2 atom stereocenters. The highest BCUT2D eigenvalue weighted by Crippen LogP contribution is 2.41. The number of rotatable bonds is 5. The van der Waals surface area contributed by atoms with Crippen LogP contribution in [0.25, 0.3) is 0 Å². The van der Waals surface area contributed by atoms with Crippen molar-refractivity contribution in [1.82, 2.24) is 15.3 Å². The molecule has 0 saturated carbocycles. The fourth-order valence-corrected chi connectivity index (χ4v) is 4.04. The van der Waals surface area contributed by atoms with Gasteiger partial charge in [-0.05, 0) is 67.2 Å². The molecule has 0 bridgehead atoms. The third kappa shape index (κ3) is 3.80. The normalized spacial score (nSPS) is 18.5. The van der Waals surface area contributed by atoms with Gasteiger partial charge in [0.05, 0.1) is 11.7 Å². The summed E-state index contributed by atoms with van der Waals surface area (Å²) in [5, 5.41) is 7.08. The smallest absolute Gasteiger partial charge is 0.226 e. The third-order valence-electron chi connectivity index (χ3n) is 5.31. The number of thiocarbonyl (C=S) groups is 1. The second kappa shape index (κ2) is 8.28. The van der Waals surface area contributed by atoms with Gasteiger partial charge in [0.15, 0.2) is 5.11 Å². The Kier molecular flexibility index (Phi) is 5.55. The van der Waals surface area contributed by atoms with Crippen molar-refractivity contribution >= 4 is 34.6 Å². The Morgan fingerprint density at radius 1 is 1.20 bits per heavy atom. The molecule has 6 nitrogen and oxygen atoms in total. The molecule has 1 saturated heterocycles. The summed E-state index contributed by atoms with van der Waals surface area (Å²) in [5.74, 6) is -0.0699. The van der Waals surface area contributed by atoms with Gasteiger partial charge in [0, 0.05) is 35.4 Å². The van der Waals surface area contributed by atoms with Crippen molar-refractivity contribution in [2.45, 2.75) is 32.9 Å². The predicted octanol–water partition coefficient (Wildman–Crippen LogP) is 4.49. The summed E-state index contributed by atoms with van der Waals surface area (Å²) >= 11 is 5.73. The molecule has 7 heteroatoms. The Balaban J connectivity index is 1.71. The Morgan fingerprint density at radius 3 is 2.67 bits per heavy atom. The van der Waals surface area contributed by atoms with Crippen LogP contribution < -0.4 is 15.5 Å². The number of hydrogen-bond acceptors (Lipinski definition) is 3. The van der Waals surface area contributed by atoms with E-state index >= 15 is 0 Å². The molecule has 3 N–H and O–H groups in total. The number of nitrogens with one attached hydrogen (secondary N) is 3. The summed E-state index contributed by atoms with van der Waals surface area (Å²) in [5.41, 5.74) is 4.74. The second-order valence-corrected chi connectivity index (χ2v) is 8.15. The molecule has 1 aliphatic rings. The van der Waals surface area contributed by atoms with Gasteiger partial charge in [-0.2, -0.15) is 0 Å². The standard InChI is InChI=1S/C23H25N5OS/c1-14(2)22(29)26-17-10-9-16(13-15(17)3)28-21(19-8-6-12-25-19)20(27-23(28)30)18-7-4-5-11-24-18/h4-14,20-21,25H,1-3H3,(H,26,29)(H,27,30). The third-order valence-corrected chi connectivity index (χ3v) is 5.62. The molecule has 4 rings (SSSR count). The van der Waals surface area contributed by atoms with E-state index < -0.39 is 0 Å². The monoisotopic (exact) mass is 419 g/mol. The predicted molar refractivity (Wildman–Crippen MR) is 123 cm³/mol. The van der Waals surface area contributed by atoms with Gasteiger partial charge >= 0.3 is 0 Å². The van der Waals surface area contributed by atoms with Crippen LogP contribution in [0.4, 0.5) is 11.4 Å². The van der Waals surface area contributed by atoms with E-state index in [0.717, 1.165) is 28.3 Å². The van der Waals surface area contributed by atoms with Gasteiger partial charge in [0.2, 0.25) is 5.91 Å². The van der Waals surface area contributed by atoms with E-state index in [0.29, 0.717) is 5.11 Å². The SMILES string of the molecule is Cc1cc(N2C(=S)NC(c3ccccn3)C2c2ccc[nH]2)ccc1NC(=O)C(C)C. The average molecular weight is 420 g/mol. The summed E-state index contributed by atoms with van der Waals surface area (Å²) in [6, 6.07) is 15.8. The lowest BCUT2D eigenvalue weighted by atomic mass is 10.0. The maximum Gasteiger partial charge on any atom is 0.226 e. The fraction of sp³-hybridized carbons (Fsp3) is 0.261. The number of aromatic amines is 1. The zero-order chi connectivity index (χ0) is 21.3. The quantitative estimate of drug-likeness (QED) is 0.532. The number of aromatic nitrogens is 2. The molecule has 2 aromatic heterocycles. The largest absolute Gasteiger partial charge is 0.363 e. The number of carbonyl (C=O) groups is 1. The van der Waals surface area contributed by atoms with E-state index in [1.165, 1.54) is 0 Å². The average Bonchev–Trinajstić information content (AvgIpc) is 3.37. The number of pyridine rings is 1. The lowest BCUT2D eigenvalue weighted by molar-refractivity contribution is -0.118. The van der Waals surface area contributed by atoms with Gasteiger partial charge in [-0.15, -0.1) is 0 Å². The van der Waals surface area contributed by atoms with Crippen LogP contribution in [-0.2, 0) is 4.79 Å². The van der Waals surface area contributed by atoms with Crippen molar-refractivity contribution < 1.29 is 4.79 Å². The first-order valence-corrected chi connectivity index (χ1v) is 10.4. The van der Waals surface area contributed by atoms with E-state index in [4.69, 9.17) is 12.2 Å². The van der Waals surface area contributed by atoms with Crippen LogP contribution in [0, 0.1) is 12.8 Å². The van der Waals surface area contributed by atoms with Gasteiger partial charge in [-0.1, -0.05) is 19.9 Å². The molecule has 0 radical (unpaired) electrons. The first-order valence-electron chi connectivity index (χ1n) is 10.0. The van der Waals surface area contributed by atoms with Crippen LogP contribution >= 0.6 is 12.2 Å². The number of H-pyrrole nitrogens is 1. The molecule has 1 fully saturated rings. The van der Waals surface area contributed by atoms with E-state index in [1.54, 1.807) is 6.20 Å². The van der Waals surface area contributed by atoms with Crippen LogP contribution in [0.3, 0.4) is 0 Å². The minimum atomic E-state index is -0.0852. The van der Waals surface area contributed by atoms with Crippen molar-refractivity contribution in [2.24, 2.45) is 5.92 Å². The van der Waals surface area contributed by atoms with Gasteiger partial charge in [-0.3, -0.25) is 9.78 Å². The minimum absolute atomic E-state index is 0.00341. The maximum atomic E-state index is 12.1. The minimum Gasteiger partial charge on any atom is -0.363 e. The number of carbonyl (C=O) groups excluding carboxylic acids is 1. The Morgan fingerprint density at radius 2 is 2.03 bits per heavy atom. The fourth-order valence-electron chi connectivity index (χ4n) is 3.69. The summed E-state index contributed by atoms with van der Waals surface area (Å²) in [7, 11) is 0. The summed E-state index contributed by atoms with van der Waals surface area (Å²) in [4.78, 5) is 22.1. The van der Waals surface area contributed by atoms with E-state index in [9.17, 15) is 4.79 Å². The topological polar surface area (TPSA) is 73.1 Å². The van der Waals surface area contributed by atoms with Gasteiger partial charge in [0.1, 0.15) is 6.04 Å². The molecular weight excluding hydrogens is 394 g/mol. The van der Waals surface area contributed by atoms with Crippen molar-refractivity contribution in [3.8, 4) is 0 Å². The molecule has 3 aromatic rings. The number of aryl methyl sites for hydroxylation is 1. The van der Waals surface area contributed by atoms with Crippen LogP contribution in [0.2, 0.25) is 0 Å². The Bertz CT molecular complexity index is 1050. The van der Waals surface area contributed by atoms with Gasteiger partial charge < -0.3 is 20.5 Å². The van der Waals surface area contributed by atoms with Gasteiger partial charge in [-0.25, -0.2) is 0 Å².